The van der Waals surface area contributed by atoms with Crippen molar-refractivity contribution in [3.05, 3.63) is 23.2 Å². The summed E-state index contributed by atoms with van der Waals surface area (Å²) in [7, 11) is 0. The average Bonchev–Trinajstić information content (AvgIpc) is 2.08. The molecule has 0 saturated heterocycles. The SMILES string of the molecule is CC(N)(Cc1cnc(Cl)cn1)C(F)F. The molecule has 0 aliphatic carbocycles. The van der Waals surface area contributed by atoms with E-state index in [0.717, 1.165) is 0 Å². The molecule has 3 nitrogen and oxygen atoms in total. The van der Waals surface area contributed by atoms with Crippen LogP contribution in [-0.2, 0) is 6.42 Å². The lowest BCUT2D eigenvalue weighted by Gasteiger charge is -2.22. The van der Waals surface area contributed by atoms with E-state index in [1.165, 1.54) is 19.3 Å². The van der Waals surface area contributed by atoms with Gasteiger partial charge >= 0.3 is 0 Å². The second-order valence-corrected chi connectivity index (χ2v) is 3.70. The van der Waals surface area contributed by atoms with Crippen LogP contribution in [-0.4, -0.2) is 21.9 Å². The van der Waals surface area contributed by atoms with Crippen molar-refractivity contribution in [2.45, 2.75) is 25.3 Å². The van der Waals surface area contributed by atoms with Gasteiger partial charge in [-0.2, -0.15) is 0 Å². The molecule has 1 atom stereocenters. The summed E-state index contributed by atoms with van der Waals surface area (Å²) < 4.78 is 24.8. The molecule has 0 aliphatic rings. The van der Waals surface area contributed by atoms with E-state index in [4.69, 9.17) is 17.3 Å². The van der Waals surface area contributed by atoms with Gasteiger partial charge in [-0.1, -0.05) is 11.6 Å². The van der Waals surface area contributed by atoms with E-state index in [2.05, 4.69) is 9.97 Å². The number of nitrogens with zero attached hydrogens (tertiary/aromatic N) is 2. The highest BCUT2D eigenvalue weighted by Crippen LogP contribution is 2.17. The summed E-state index contributed by atoms with van der Waals surface area (Å²) >= 11 is 5.49. The third-order valence-electron chi connectivity index (χ3n) is 1.73. The summed E-state index contributed by atoms with van der Waals surface area (Å²) in [6.07, 6.45) is 0.0169. The van der Waals surface area contributed by atoms with Crippen LogP contribution >= 0.6 is 11.6 Å². The van der Waals surface area contributed by atoms with Crippen molar-refractivity contribution in [1.82, 2.24) is 9.97 Å². The molecule has 0 saturated carbocycles. The molecule has 78 valence electrons. The van der Waals surface area contributed by atoms with Gasteiger partial charge in [0.1, 0.15) is 5.15 Å². The van der Waals surface area contributed by atoms with Crippen LogP contribution < -0.4 is 5.73 Å². The van der Waals surface area contributed by atoms with Crippen LogP contribution in [0.4, 0.5) is 8.78 Å². The Hall–Kier alpha value is -0.810. The summed E-state index contributed by atoms with van der Waals surface area (Å²) in [6, 6.07) is 0. The number of rotatable bonds is 3. The van der Waals surface area contributed by atoms with E-state index in [-0.39, 0.29) is 11.6 Å². The third kappa shape index (κ3) is 2.85. The van der Waals surface area contributed by atoms with Crippen LogP contribution in [0.25, 0.3) is 0 Å². The van der Waals surface area contributed by atoms with E-state index in [0.29, 0.717) is 5.69 Å². The molecule has 0 fully saturated rings. The lowest BCUT2D eigenvalue weighted by Crippen LogP contribution is -2.46. The highest BCUT2D eigenvalue weighted by molar-refractivity contribution is 6.29. The molecule has 0 aliphatic heterocycles. The predicted molar refractivity (Wildman–Crippen MR) is 49.3 cm³/mol. The van der Waals surface area contributed by atoms with Gasteiger partial charge < -0.3 is 5.73 Å². The minimum atomic E-state index is -2.60. The number of alkyl halides is 2. The highest BCUT2D eigenvalue weighted by Gasteiger charge is 2.30. The topological polar surface area (TPSA) is 51.8 Å². The minimum Gasteiger partial charge on any atom is -0.320 e. The van der Waals surface area contributed by atoms with Crippen molar-refractivity contribution in [3.63, 3.8) is 0 Å². The monoisotopic (exact) mass is 221 g/mol. The van der Waals surface area contributed by atoms with E-state index < -0.39 is 12.0 Å². The molecule has 2 N–H and O–H groups in total. The summed E-state index contributed by atoms with van der Waals surface area (Å²) in [4.78, 5) is 7.56. The zero-order valence-electron chi connectivity index (χ0n) is 7.54. The molecule has 0 spiro atoms. The zero-order valence-corrected chi connectivity index (χ0v) is 8.30. The van der Waals surface area contributed by atoms with E-state index in [9.17, 15) is 8.78 Å². The Balaban J connectivity index is 2.74. The second kappa shape index (κ2) is 4.14. The summed E-state index contributed by atoms with van der Waals surface area (Å²) in [6.45, 7) is 1.27. The quantitative estimate of drug-likeness (QED) is 0.845. The third-order valence-corrected chi connectivity index (χ3v) is 1.93. The van der Waals surface area contributed by atoms with Gasteiger partial charge in [-0.15, -0.1) is 0 Å². The van der Waals surface area contributed by atoms with Crippen LogP contribution in [0.2, 0.25) is 5.15 Å². The van der Waals surface area contributed by atoms with Gasteiger partial charge in [0.15, 0.2) is 0 Å². The first-order valence-corrected chi connectivity index (χ1v) is 4.33. The fourth-order valence-corrected chi connectivity index (χ4v) is 0.995. The molecule has 0 aromatic carbocycles. The molecule has 1 rings (SSSR count). The fourth-order valence-electron chi connectivity index (χ4n) is 0.898. The molecule has 1 unspecified atom stereocenters. The Kier molecular flexibility index (Phi) is 3.34. The van der Waals surface area contributed by atoms with Crippen molar-refractivity contribution >= 4 is 11.6 Å². The minimum absolute atomic E-state index is 0.0329. The first kappa shape index (κ1) is 11.3. The largest absolute Gasteiger partial charge is 0.320 e. The van der Waals surface area contributed by atoms with Crippen molar-refractivity contribution in [1.29, 1.82) is 0 Å². The number of aromatic nitrogens is 2. The lowest BCUT2D eigenvalue weighted by atomic mass is 9.98. The molecule has 0 amide bonds. The number of hydrogen-bond donors (Lipinski definition) is 1. The Morgan fingerprint density at radius 3 is 2.57 bits per heavy atom. The smallest absolute Gasteiger partial charge is 0.256 e. The van der Waals surface area contributed by atoms with Crippen LogP contribution in [0.1, 0.15) is 12.6 Å². The highest BCUT2D eigenvalue weighted by atomic mass is 35.5. The Bertz CT molecular complexity index is 300. The molecular formula is C8H10ClF2N3. The van der Waals surface area contributed by atoms with Crippen LogP contribution in [0.3, 0.4) is 0 Å². The molecule has 14 heavy (non-hydrogen) atoms. The molecule has 0 bridgehead atoms. The molecule has 6 heteroatoms. The van der Waals surface area contributed by atoms with E-state index >= 15 is 0 Å². The maximum absolute atomic E-state index is 12.4. The van der Waals surface area contributed by atoms with Gasteiger partial charge in [-0.05, 0) is 6.92 Å². The van der Waals surface area contributed by atoms with Gasteiger partial charge in [0.2, 0.25) is 0 Å². The van der Waals surface area contributed by atoms with Gasteiger partial charge in [-0.3, -0.25) is 4.98 Å². The van der Waals surface area contributed by atoms with E-state index in [1.807, 2.05) is 0 Å². The van der Waals surface area contributed by atoms with E-state index in [1.54, 1.807) is 0 Å². The first-order valence-electron chi connectivity index (χ1n) is 3.95. The lowest BCUT2D eigenvalue weighted by molar-refractivity contribution is 0.0633. The molecule has 1 heterocycles. The van der Waals surface area contributed by atoms with Gasteiger partial charge in [0.05, 0.1) is 23.6 Å². The standard InChI is InChI=1S/C8H10ClF2N3/c1-8(12,7(10)11)2-5-3-14-6(9)4-13-5/h3-4,7H,2,12H2,1H3. The second-order valence-electron chi connectivity index (χ2n) is 3.31. The molecular weight excluding hydrogens is 212 g/mol. The number of nitrogens with two attached hydrogens (primary N) is 1. The van der Waals surface area contributed by atoms with Crippen molar-refractivity contribution < 1.29 is 8.78 Å². The Labute approximate surface area is 85.3 Å². The molecule has 1 aromatic heterocycles. The number of halogens is 3. The Morgan fingerprint density at radius 1 is 1.50 bits per heavy atom. The van der Waals surface area contributed by atoms with Crippen LogP contribution in [0, 0.1) is 0 Å². The summed E-state index contributed by atoms with van der Waals surface area (Å²) in [5.41, 5.74) is 4.20. The number of hydrogen-bond acceptors (Lipinski definition) is 3. The van der Waals surface area contributed by atoms with Crippen molar-refractivity contribution in [2.75, 3.05) is 0 Å². The van der Waals surface area contributed by atoms with Crippen LogP contribution in [0.5, 0.6) is 0 Å². The Morgan fingerprint density at radius 2 is 2.14 bits per heavy atom. The summed E-state index contributed by atoms with van der Waals surface area (Å²) in [5.74, 6) is 0. The van der Waals surface area contributed by atoms with Gasteiger partial charge in [0.25, 0.3) is 6.43 Å². The molecule has 1 aromatic rings. The fraction of sp³-hybridized carbons (Fsp3) is 0.500. The van der Waals surface area contributed by atoms with Gasteiger partial charge in [-0.25, -0.2) is 13.8 Å². The van der Waals surface area contributed by atoms with Crippen molar-refractivity contribution in [2.24, 2.45) is 5.73 Å². The predicted octanol–water partition coefficient (Wildman–Crippen LogP) is 1.65. The van der Waals surface area contributed by atoms with Crippen LogP contribution in [0.15, 0.2) is 12.4 Å². The normalized spacial score (nSPS) is 15.6. The maximum Gasteiger partial charge on any atom is 0.256 e. The van der Waals surface area contributed by atoms with Crippen molar-refractivity contribution in [3.8, 4) is 0 Å². The molecule has 0 radical (unpaired) electrons. The average molecular weight is 222 g/mol. The first-order chi connectivity index (χ1) is 6.42. The van der Waals surface area contributed by atoms with Gasteiger partial charge in [0, 0.05) is 6.42 Å². The zero-order chi connectivity index (χ0) is 10.8. The summed E-state index contributed by atoms with van der Waals surface area (Å²) in [5, 5.41) is 0.226. The maximum atomic E-state index is 12.4.